The fourth-order valence-corrected chi connectivity index (χ4v) is 3.24. The van der Waals surface area contributed by atoms with Crippen molar-refractivity contribution in [3.63, 3.8) is 0 Å². The van der Waals surface area contributed by atoms with E-state index in [1.165, 1.54) is 18.4 Å². The van der Waals surface area contributed by atoms with Crippen LogP contribution >= 0.6 is 0 Å². The van der Waals surface area contributed by atoms with Gasteiger partial charge in [0.15, 0.2) is 0 Å². The number of ether oxygens (including phenoxy) is 1. The molecule has 0 bridgehead atoms. The lowest BCUT2D eigenvalue weighted by Crippen LogP contribution is -2.37. The summed E-state index contributed by atoms with van der Waals surface area (Å²) in [6, 6.07) is 9.51. The van der Waals surface area contributed by atoms with Crippen LogP contribution in [0.4, 0.5) is 0 Å². The summed E-state index contributed by atoms with van der Waals surface area (Å²) in [6.45, 7) is 0. The van der Waals surface area contributed by atoms with Crippen molar-refractivity contribution in [2.45, 2.75) is 56.7 Å². The zero-order valence-electron chi connectivity index (χ0n) is 12.2. The van der Waals surface area contributed by atoms with Crippen LogP contribution in [0.15, 0.2) is 24.3 Å². The van der Waals surface area contributed by atoms with Gasteiger partial charge >= 0.3 is 0 Å². The van der Waals surface area contributed by atoms with Crippen molar-refractivity contribution in [3.8, 4) is 5.75 Å². The molecule has 2 N–H and O–H groups in total. The molecule has 110 valence electrons. The van der Waals surface area contributed by atoms with E-state index in [1.54, 1.807) is 7.11 Å². The van der Waals surface area contributed by atoms with E-state index in [-0.39, 0.29) is 6.10 Å². The van der Waals surface area contributed by atoms with Gasteiger partial charge in [-0.3, -0.25) is 0 Å². The second-order valence-electron chi connectivity index (χ2n) is 6.26. The van der Waals surface area contributed by atoms with Gasteiger partial charge in [-0.05, 0) is 62.1 Å². The van der Waals surface area contributed by atoms with Gasteiger partial charge in [-0.2, -0.15) is 0 Å². The Labute approximate surface area is 121 Å². The van der Waals surface area contributed by atoms with Crippen molar-refractivity contribution in [1.82, 2.24) is 5.32 Å². The van der Waals surface area contributed by atoms with Crippen molar-refractivity contribution < 1.29 is 9.84 Å². The second-order valence-corrected chi connectivity index (χ2v) is 6.26. The van der Waals surface area contributed by atoms with E-state index >= 15 is 0 Å². The average molecular weight is 275 g/mol. The Balaban J connectivity index is 1.65. The van der Waals surface area contributed by atoms with E-state index in [0.717, 1.165) is 37.4 Å². The van der Waals surface area contributed by atoms with E-state index < -0.39 is 0 Å². The smallest absolute Gasteiger partial charge is 0.118 e. The molecule has 0 radical (unpaired) electrons. The van der Waals surface area contributed by atoms with Gasteiger partial charge in [-0.15, -0.1) is 0 Å². The summed E-state index contributed by atoms with van der Waals surface area (Å²) in [4.78, 5) is 0. The van der Waals surface area contributed by atoms with Gasteiger partial charge in [-0.25, -0.2) is 0 Å². The molecule has 1 unspecified atom stereocenters. The molecule has 20 heavy (non-hydrogen) atoms. The monoisotopic (exact) mass is 275 g/mol. The number of aliphatic hydroxyl groups excluding tert-OH is 1. The molecule has 3 heteroatoms. The summed E-state index contributed by atoms with van der Waals surface area (Å²) in [5, 5.41) is 13.5. The molecule has 1 aromatic carbocycles. The molecular weight excluding hydrogens is 250 g/mol. The molecule has 0 aromatic heterocycles. The van der Waals surface area contributed by atoms with Crippen LogP contribution in [-0.4, -0.2) is 24.4 Å². The van der Waals surface area contributed by atoms with E-state index in [1.807, 2.05) is 0 Å². The van der Waals surface area contributed by atoms with Crippen LogP contribution < -0.4 is 10.1 Å². The fraction of sp³-hybridized carbons (Fsp3) is 0.647. The fourth-order valence-electron chi connectivity index (χ4n) is 3.24. The predicted octanol–water partition coefficient (Wildman–Crippen LogP) is 3.04. The van der Waals surface area contributed by atoms with Crippen molar-refractivity contribution >= 4 is 0 Å². The number of rotatable bonds is 5. The molecule has 1 aromatic rings. The summed E-state index contributed by atoms with van der Waals surface area (Å²) < 4.78 is 5.24. The number of aliphatic hydroxyl groups is 1. The highest BCUT2D eigenvalue weighted by Crippen LogP contribution is 2.42. The minimum Gasteiger partial charge on any atom is -0.497 e. The van der Waals surface area contributed by atoms with Gasteiger partial charge in [-0.1, -0.05) is 12.1 Å². The van der Waals surface area contributed by atoms with Gasteiger partial charge in [0.05, 0.1) is 13.2 Å². The van der Waals surface area contributed by atoms with E-state index in [9.17, 15) is 5.11 Å². The normalized spacial score (nSPS) is 28.1. The largest absolute Gasteiger partial charge is 0.497 e. The SMILES string of the molecule is COc1ccc(C(NC2CCC(O)CC2)C2CC2)cc1. The highest BCUT2D eigenvalue weighted by molar-refractivity contribution is 5.30. The molecule has 2 aliphatic carbocycles. The Morgan fingerprint density at radius 2 is 1.70 bits per heavy atom. The first-order valence-electron chi connectivity index (χ1n) is 7.84. The van der Waals surface area contributed by atoms with E-state index in [4.69, 9.17) is 4.74 Å². The number of hydrogen-bond donors (Lipinski definition) is 2. The van der Waals surface area contributed by atoms with Crippen LogP contribution in [0.25, 0.3) is 0 Å². The molecule has 3 rings (SSSR count). The molecule has 3 nitrogen and oxygen atoms in total. The number of hydrogen-bond acceptors (Lipinski definition) is 3. The molecular formula is C17H25NO2. The molecule has 2 aliphatic rings. The van der Waals surface area contributed by atoms with Gasteiger partial charge in [0.2, 0.25) is 0 Å². The lowest BCUT2D eigenvalue weighted by atomic mass is 9.91. The van der Waals surface area contributed by atoms with Gasteiger partial charge in [0.1, 0.15) is 5.75 Å². The molecule has 0 amide bonds. The molecule has 0 aliphatic heterocycles. The first-order valence-corrected chi connectivity index (χ1v) is 7.84. The Morgan fingerprint density at radius 3 is 2.25 bits per heavy atom. The Morgan fingerprint density at radius 1 is 1.05 bits per heavy atom. The minimum absolute atomic E-state index is 0.0755. The van der Waals surface area contributed by atoms with Crippen molar-refractivity contribution in [2.75, 3.05) is 7.11 Å². The lowest BCUT2D eigenvalue weighted by molar-refractivity contribution is 0.113. The standard InChI is InChI=1S/C17H25NO2/c1-20-16-10-4-13(5-11-16)17(12-2-3-12)18-14-6-8-15(19)9-7-14/h4-5,10-12,14-15,17-19H,2-3,6-9H2,1H3. The molecule has 2 fully saturated rings. The molecule has 0 heterocycles. The van der Waals surface area contributed by atoms with E-state index in [0.29, 0.717) is 12.1 Å². The van der Waals surface area contributed by atoms with Gasteiger partial charge in [0.25, 0.3) is 0 Å². The topological polar surface area (TPSA) is 41.5 Å². The average Bonchev–Trinajstić information content (AvgIpc) is 3.31. The Hall–Kier alpha value is -1.06. The summed E-state index contributed by atoms with van der Waals surface area (Å²) in [5.41, 5.74) is 1.37. The van der Waals surface area contributed by atoms with Gasteiger partial charge < -0.3 is 15.2 Å². The lowest BCUT2D eigenvalue weighted by Gasteiger charge is -2.31. The highest BCUT2D eigenvalue weighted by Gasteiger charge is 2.34. The first-order chi connectivity index (χ1) is 9.76. The zero-order valence-corrected chi connectivity index (χ0v) is 12.2. The Bertz CT molecular complexity index is 419. The second kappa shape index (κ2) is 6.15. The van der Waals surface area contributed by atoms with Gasteiger partial charge in [0, 0.05) is 12.1 Å². The van der Waals surface area contributed by atoms with E-state index in [2.05, 4.69) is 29.6 Å². The highest BCUT2D eigenvalue weighted by atomic mass is 16.5. The maximum Gasteiger partial charge on any atom is 0.118 e. The zero-order chi connectivity index (χ0) is 13.9. The number of methoxy groups -OCH3 is 1. The molecule has 2 saturated carbocycles. The maximum absolute atomic E-state index is 9.62. The number of benzene rings is 1. The van der Waals surface area contributed by atoms with Crippen molar-refractivity contribution in [3.05, 3.63) is 29.8 Å². The van der Waals surface area contributed by atoms with Crippen LogP contribution in [0.3, 0.4) is 0 Å². The van der Waals surface area contributed by atoms with Crippen LogP contribution in [-0.2, 0) is 0 Å². The third-order valence-corrected chi connectivity index (χ3v) is 4.68. The summed E-state index contributed by atoms with van der Waals surface area (Å²) in [7, 11) is 1.71. The maximum atomic E-state index is 9.62. The third-order valence-electron chi connectivity index (χ3n) is 4.68. The van der Waals surface area contributed by atoms with Crippen LogP contribution in [0.1, 0.15) is 50.1 Å². The molecule has 1 atom stereocenters. The molecule has 0 saturated heterocycles. The van der Waals surface area contributed by atoms with Crippen LogP contribution in [0.5, 0.6) is 5.75 Å². The third kappa shape index (κ3) is 3.33. The summed E-state index contributed by atoms with van der Waals surface area (Å²) >= 11 is 0. The molecule has 0 spiro atoms. The quantitative estimate of drug-likeness (QED) is 0.868. The van der Waals surface area contributed by atoms with Crippen LogP contribution in [0.2, 0.25) is 0 Å². The minimum atomic E-state index is -0.0755. The van der Waals surface area contributed by atoms with Crippen molar-refractivity contribution in [1.29, 1.82) is 0 Å². The summed E-state index contributed by atoms with van der Waals surface area (Å²) in [6.07, 6.45) is 6.67. The van der Waals surface area contributed by atoms with Crippen molar-refractivity contribution in [2.24, 2.45) is 5.92 Å². The Kier molecular flexibility index (Phi) is 4.27. The number of nitrogens with one attached hydrogen (secondary N) is 1. The first kappa shape index (κ1) is 13.9. The predicted molar refractivity (Wildman–Crippen MR) is 79.9 cm³/mol. The summed E-state index contributed by atoms with van der Waals surface area (Å²) in [5.74, 6) is 1.71. The van der Waals surface area contributed by atoms with Crippen LogP contribution in [0, 0.1) is 5.92 Å².